The number of ether oxygens (including phenoxy) is 1. The number of nitriles is 1. The van der Waals surface area contributed by atoms with E-state index in [1.165, 1.54) is 0 Å². The van der Waals surface area contributed by atoms with Crippen LogP contribution in [0.4, 0.5) is 5.69 Å². The van der Waals surface area contributed by atoms with Gasteiger partial charge in [-0.1, -0.05) is 6.92 Å². The van der Waals surface area contributed by atoms with E-state index >= 15 is 0 Å². The van der Waals surface area contributed by atoms with Crippen molar-refractivity contribution in [2.75, 3.05) is 25.1 Å². The van der Waals surface area contributed by atoms with E-state index in [9.17, 15) is 5.26 Å². The quantitative estimate of drug-likeness (QED) is 0.862. The van der Waals surface area contributed by atoms with Crippen molar-refractivity contribution >= 4 is 5.69 Å². The molecule has 0 spiro atoms. The molecular formula is C14H19N3O. The summed E-state index contributed by atoms with van der Waals surface area (Å²) in [5.74, 6) is 1.31. The maximum atomic E-state index is 9.18. The summed E-state index contributed by atoms with van der Waals surface area (Å²) >= 11 is 0. The van der Waals surface area contributed by atoms with E-state index < -0.39 is 0 Å². The third kappa shape index (κ3) is 2.41. The number of nitrogens with zero attached hydrogens (tertiary/aromatic N) is 2. The number of nitrogens with two attached hydrogens (primary N) is 1. The molecule has 0 amide bonds. The van der Waals surface area contributed by atoms with Crippen LogP contribution in [0.2, 0.25) is 0 Å². The van der Waals surface area contributed by atoms with Gasteiger partial charge in [-0.3, -0.25) is 0 Å². The van der Waals surface area contributed by atoms with Gasteiger partial charge >= 0.3 is 0 Å². The third-order valence-electron chi connectivity index (χ3n) is 3.68. The highest BCUT2D eigenvalue weighted by molar-refractivity contribution is 5.62. The summed E-state index contributed by atoms with van der Waals surface area (Å²) in [6.07, 6.45) is 1.06. The maximum absolute atomic E-state index is 9.18. The summed E-state index contributed by atoms with van der Waals surface area (Å²) < 4.78 is 5.23. The van der Waals surface area contributed by atoms with Gasteiger partial charge in [-0.05, 0) is 24.5 Å². The van der Waals surface area contributed by atoms with Gasteiger partial charge < -0.3 is 15.4 Å². The van der Waals surface area contributed by atoms with Crippen molar-refractivity contribution in [3.8, 4) is 11.8 Å². The van der Waals surface area contributed by atoms with Crippen LogP contribution < -0.4 is 15.4 Å². The lowest BCUT2D eigenvalue weighted by Crippen LogP contribution is -2.47. The maximum Gasteiger partial charge on any atom is 0.121 e. The molecule has 4 heteroatoms. The Bertz CT molecular complexity index is 467. The number of piperidine rings is 1. The first-order valence-electron chi connectivity index (χ1n) is 6.24. The molecule has 18 heavy (non-hydrogen) atoms. The molecule has 1 aliphatic rings. The van der Waals surface area contributed by atoms with Crippen LogP contribution in [0.1, 0.15) is 18.9 Å². The molecule has 0 saturated carbocycles. The molecule has 96 valence electrons. The molecule has 1 heterocycles. The lowest BCUT2D eigenvalue weighted by atomic mass is 9.93. The number of benzene rings is 1. The van der Waals surface area contributed by atoms with Crippen molar-refractivity contribution in [1.29, 1.82) is 5.26 Å². The fourth-order valence-corrected chi connectivity index (χ4v) is 2.31. The van der Waals surface area contributed by atoms with E-state index in [-0.39, 0.29) is 6.04 Å². The summed E-state index contributed by atoms with van der Waals surface area (Å²) in [4.78, 5) is 2.19. The van der Waals surface area contributed by atoms with E-state index in [2.05, 4.69) is 17.9 Å². The molecular weight excluding hydrogens is 226 g/mol. The summed E-state index contributed by atoms with van der Waals surface area (Å²) in [7, 11) is 1.63. The zero-order chi connectivity index (χ0) is 13.1. The standard InChI is InChI=1S/C14H19N3O/c1-10-5-6-17(9-13(10)16)14-7-12(18-2)4-3-11(14)8-15/h3-4,7,10,13H,5-6,9,16H2,1-2H3. The minimum absolute atomic E-state index is 0.163. The molecule has 1 fully saturated rings. The molecule has 0 aliphatic carbocycles. The monoisotopic (exact) mass is 245 g/mol. The molecule has 0 bridgehead atoms. The molecule has 1 aromatic rings. The summed E-state index contributed by atoms with van der Waals surface area (Å²) in [6, 6.07) is 7.93. The number of anilines is 1. The molecule has 4 nitrogen and oxygen atoms in total. The second-order valence-electron chi connectivity index (χ2n) is 4.87. The summed E-state index contributed by atoms with van der Waals surface area (Å²) in [5.41, 5.74) is 7.72. The van der Waals surface area contributed by atoms with Gasteiger partial charge in [0.25, 0.3) is 0 Å². The highest BCUT2D eigenvalue weighted by Crippen LogP contribution is 2.29. The lowest BCUT2D eigenvalue weighted by Gasteiger charge is -2.37. The van der Waals surface area contributed by atoms with Gasteiger partial charge in [0, 0.05) is 25.2 Å². The molecule has 2 rings (SSSR count). The number of hydrogen-bond acceptors (Lipinski definition) is 4. The first-order valence-corrected chi connectivity index (χ1v) is 6.24. The smallest absolute Gasteiger partial charge is 0.121 e. The topological polar surface area (TPSA) is 62.3 Å². The van der Waals surface area contributed by atoms with Crippen molar-refractivity contribution < 1.29 is 4.74 Å². The number of methoxy groups -OCH3 is 1. The van der Waals surface area contributed by atoms with E-state index in [1.54, 1.807) is 13.2 Å². The van der Waals surface area contributed by atoms with Crippen LogP contribution >= 0.6 is 0 Å². The lowest BCUT2D eigenvalue weighted by molar-refractivity contribution is 0.378. The molecule has 0 radical (unpaired) electrons. The Morgan fingerprint density at radius 2 is 2.28 bits per heavy atom. The van der Waals surface area contributed by atoms with Gasteiger partial charge in [0.05, 0.1) is 18.4 Å². The normalized spacial score (nSPS) is 23.6. The fourth-order valence-electron chi connectivity index (χ4n) is 2.31. The molecule has 0 aromatic heterocycles. The Balaban J connectivity index is 2.29. The van der Waals surface area contributed by atoms with Gasteiger partial charge in [0.15, 0.2) is 0 Å². The SMILES string of the molecule is COc1ccc(C#N)c(N2CCC(C)C(N)C2)c1. The first-order chi connectivity index (χ1) is 8.65. The van der Waals surface area contributed by atoms with Crippen molar-refractivity contribution in [3.05, 3.63) is 23.8 Å². The average molecular weight is 245 g/mol. The van der Waals surface area contributed by atoms with Gasteiger partial charge in [0.1, 0.15) is 11.8 Å². The van der Waals surface area contributed by atoms with Crippen LogP contribution in [0.3, 0.4) is 0 Å². The van der Waals surface area contributed by atoms with Gasteiger partial charge in [0.2, 0.25) is 0 Å². The van der Waals surface area contributed by atoms with E-state index in [0.29, 0.717) is 11.5 Å². The van der Waals surface area contributed by atoms with Crippen molar-refractivity contribution in [2.24, 2.45) is 11.7 Å². The van der Waals surface area contributed by atoms with Crippen molar-refractivity contribution in [1.82, 2.24) is 0 Å². The van der Waals surface area contributed by atoms with Gasteiger partial charge in [-0.2, -0.15) is 5.26 Å². The van der Waals surface area contributed by atoms with Crippen LogP contribution in [0.25, 0.3) is 0 Å². The Kier molecular flexibility index (Phi) is 3.73. The molecule has 1 aromatic carbocycles. The van der Waals surface area contributed by atoms with Crippen LogP contribution in [-0.2, 0) is 0 Å². The molecule has 1 saturated heterocycles. The average Bonchev–Trinajstić information content (AvgIpc) is 2.41. The largest absolute Gasteiger partial charge is 0.497 e. The highest BCUT2D eigenvalue weighted by atomic mass is 16.5. The fraction of sp³-hybridized carbons (Fsp3) is 0.500. The van der Waals surface area contributed by atoms with Gasteiger partial charge in [-0.25, -0.2) is 0 Å². The zero-order valence-electron chi connectivity index (χ0n) is 10.9. The summed E-state index contributed by atoms with van der Waals surface area (Å²) in [5, 5.41) is 9.18. The Morgan fingerprint density at radius 1 is 1.50 bits per heavy atom. The molecule has 1 aliphatic heterocycles. The number of rotatable bonds is 2. The van der Waals surface area contributed by atoms with Crippen molar-refractivity contribution in [2.45, 2.75) is 19.4 Å². The van der Waals surface area contributed by atoms with Crippen LogP contribution in [0, 0.1) is 17.2 Å². The van der Waals surface area contributed by atoms with E-state index in [0.717, 1.165) is 30.9 Å². The van der Waals surface area contributed by atoms with Crippen LogP contribution in [0.5, 0.6) is 5.75 Å². The highest BCUT2D eigenvalue weighted by Gasteiger charge is 2.24. The molecule has 2 N–H and O–H groups in total. The Morgan fingerprint density at radius 3 is 2.89 bits per heavy atom. The molecule has 2 unspecified atom stereocenters. The van der Waals surface area contributed by atoms with Crippen LogP contribution in [0.15, 0.2) is 18.2 Å². The van der Waals surface area contributed by atoms with E-state index in [4.69, 9.17) is 10.5 Å². The molecule has 2 atom stereocenters. The van der Waals surface area contributed by atoms with Crippen LogP contribution in [-0.4, -0.2) is 26.2 Å². The minimum Gasteiger partial charge on any atom is -0.497 e. The number of hydrogen-bond donors (Lipinski definition) is 1. The second-order valence-corrected chi connectivity index (χ2v) is 4.87. The van der Waals surface area contributed by atoms with E-state index in [1.807, 2.05) is 12.1 Å². The Hall–Kier alpha value is -1.73. The third-order valence-corrected chi connectivity index (χ3v) is 3.68. The Labute approximate surface area is 108 Å². The zero-order valence-corrected chi connectivity index (χ0v) is 10.9. The predicted molar refractivity (Wildman–Crippen MR) is 71.7 cm³/mol. The van der Waals surface area contributed by atoms with Crippen molar-refractivity contribution in [3.63, 3.8) is 0 Å². The predicted octanol–water partition coefficient (Wildman–Crippen LogP) is 1.74. The first kappa shape index (κ1) is 12.7. The minimum atomic E-state index is 0.163. The van der Waals surface area contributed by atoms with Gasteiger partial charge in [-0.15, -0.1) is 0 Å². The second kappa shape index (κ2) is 5.28. The summed E-state index contributed by atoms with van der Waals surface area (Å²) in [6.45, 7) is 3.92.